The summed E-state index contributed by atoms with van der Waals surface area (Å²) < 4.78 is 60.9. The number of alkyl halides is 3. The lowest BCUT2D eigenvalue weighted by Gasteiger charge is -2.29. The molecule has 1 atom stereocenters. The highest BCUT2D eigenvalue weighted by Gasteiger charge is 2.34. The summed E-state index contributed by atoms with van der Waals surface area (Å²) in [6, 6.07) is 10.9. The van der Waals surface area contributed by atoms with Gasteiger partial charge in [-0.25, -0.2) is 9.59 Å². The molecule has 0 bridgehead atoms. The molecule has 2 amide bonds. The molecule has 11 heteroatoms. The van der Waals surface area contributed by atoms with Gasteiger partial charge >= 0.3 is 17.7 Å². The molecule has 2 aromatic rings. The van der Waals surface area contributed by atoms with Gasteiger partial charge in [-0.1, -0.05) is 30.0 Å². The number of carbonyl (C=O) groups is 2. The first-order chi connectivity index (χ1) is 17.4. The van der Waals surface area contributed by atoms with Crippen molar-refractivity contribution in [2.75, 3.05) is 24.9 Å². The van der Waals surface area contributed by atoms with Crippen molar-refractivity contribution in [3.63, 3.8) is 0 Å². The average molecular weight is 558 g/mol. The van der Waals surface area contributed by atoms with E-state index in [9.17, 15) is 22.8 Å². The predicted molar refractivity (Wildman–Crippen MR) is 141 cm³/mol. The molecule has 0 radical (unpaired) electrons. The molecule has 0 aromatic heterocycles. The van der Waals surface area contributed by atoms with Crippen molar-refractivity contribution in [2.24, 2.45) is 0 Å². The Morgan fingerprint density at radius 3 is 1.79 bits per heavy atom. The Balaban J connectivity index is 2.53. The summed E-state index contributed by atoms with van der Waals surface area (Å²) >= 11 is -0.152. The topological polar surface area (TPSA) is 74.3 Å². The molecular weight excluding hydrogens is 523 g/mol. The third kappa shape index (κ3) is 9.34. The minimum absolute atomic E-state index is 0.140. The summed E-state index contributed by atoms with van der Waals surface area (Å²) in [6.45, 7) is 9.95. The molecule has 0 N–H and O–H groups in total. The molecule has 0 spiro atoms. The molecule has 1 unspecified atom stereocenters. The lowest BCUT2D eigenvalue weighted by molar-refractivity contribution is -0.0328. The first-order valence-corrected chi connectivity index (χ1v) is 12.7. The standard InChI is InChI=1S/C27H34F3NO6S/c1-25(2,3)36-23(32)31(24(33)37-26(4,5)6)18-11-9-17(10-12-18)21(16-38-27(28,29)30)20-14-13-19(34-7)15-22(20)35-8/h9-15,21H,16H2,1-8H3. The van der Waals surface area contributed by atoms with E-state index in [0.29, 0.717) is 22.6 Å². The van der Waals surface area contributed by atoms with Crippen LogP contribution in [0.4, 0.5) is 28.4 Å². The number of nitrogens with zero attached hydrogens (tertiary/aromatic N) is 1. The number of benzene rings is 2. The van der Waals surface area contributed by atoms with Crippen LogP contribution in [0.5, 0.6) is 11.5 Å². The lowest BCUT2D eigenvalue weighted by Crippen LogP contribution is -2.43. The second-order valence-electron chi connectivity index (χ2n) is 10.3. The Morgan fingerprint density at radius 1 is 0.842 bits per heavy atom. The van der Waals surface area contributed by atoms with Gasteiger partial charge in [-0.3, -0.25) is 0 Å². The number of thioether (sulfide) groups is 1. The maximum atomic E-state index is 13.2. The van der Waals surface area contributed by atoms with E-state index in [2.05, 4.69) is 0 Å². The summed E-state index contributed by atoms with van der Waals surface area (Å²) in [4.78, 5) is 26.6. The van der Waals surface area contributed by atoms with Gasteiger partial charge in [0.2, 0.25) is 0 Å². The summed E-state index contributed by atoms with van der Waals surface area (Å²) in [6.07, 6.45) is -1.89. The van der Waals surface area contributed by atoms with Crippen LogP contribution in [-0.2, 0) is 9.47 Å². The highest BCUT2D eigenvalue weighted by atomic mass is 32.2. The fourth-order valence-electron chi connectivity index (χ4n) is 3.41. The van der Waals surface area contributed by atoms with Gasteiger partial charge in [-0.05, 0) is 65.3 Å². The van der Waals surface area contributed by atoms with Gasteiger partial charge in [0.15, 0.2) is 0 Å². The number of ether oxygens (including phenoxy) is 4. The predicted octanol–water partition coefficient (Wildman–Crippen LogP) is 7.77. The zero-order valence-electron chi connectivity index (χ0n) is 22.8. The number of carbonyl (C=O) groups excluding carboxylic acids is 2. The maximum absolute atomic E-state index is 13.2. The normalized spacial score (nSPS) is 12.9. The maximum Gasteiger partial charge on any atom is 0.441 e. The third-order valence-corrected chi connectivity index (χ3v) is 5.76. The number of hydrogen-bond acceptors (Lipinski definition) is 7. The molecule has 2 aromatic carbocycles. The minimum atomic E-state index is -4.44. The third-order valence-electron chi connectivity index (χ3n) is 4.94. The smallest absolute Gasteiger partial charge is 0.441 e. The molecule has 7 nitrogen and oxygen atoms in total. The molecule has 0 aliphatic rings. The number of amides is 2. The van der Waals surface area contributed by atoms with Crippen LogP contribution in [0.1, 0.15) is 58.6 Å². The molecule has 0 aliphatic carbocycles. The van der Waals surface area contributed by atoms with Crippen LogP contribution < -0.4 is 14.4 Å². The fraction of sp³-hybridized carbons (Fsp3) is 0.481. The van der Waals surface area contributed by atoms with Gasteiger partial charge in [0.05, 0.1) is 19.9 Å². The van der Waals surface area contributed by atoms with Crippen LogP contribution in [0.25, 0.3) is 0 Å². The van der Waals surface area contributed by atoms with Crippen LogP contribution in [-0.4, -0.2) is 48.9 Å². The number of halogens is 3. The highest BCUT2D eigenvalue weighted by Crippen LogP contribution is 2.41. The van der Waals surface area contributed by atoms with Crippen molar-refractivity contribution < 1.29 is 41.7 Å². The van der Waals surface area contributed by atoms with Gasteiger partial charge < -0.3 is 18.9 Å². The van der Waals surface area contributed by atoms with Crippen LogP contribution in [0.3, 0.4) is 0 Å². The number of anilines is 1. The Labute approximate surface area is 225 Å². The van der Waals surface area contributed by atoms with Crippen molar-refractivity contribution >= 4 is 29.6 Å². The second kappa shape index (κ2) is 12.2. The molecule has 38 heavy (non-hydrogen) atoms. The number of hydrogen-bond donors (Lipinski definition) is 0. The van der Waals surface area contributed by atoms with Crippen molar-refractivity contribution in [1.82, 2.24) is 0 Å². The van der Waals surface area contributed by atoms with Gasteiger partial charge in [-0.15, -0.1) is 0 Å². The van der Waals surface area contributed by atoms with Crippen molar-refractivity contribution in [3.05, 3.63) is 53.6 Å². The number of rotatable bonds is 7. The van der Waals surface area contributed by atoms with E-state index in [4.69, 9.17) is 18.9 Å². The zero-order chi connectivity index (χ0) is 28.9. The monoisotopic (exact) mass is 557 g/mol. The van der Waals surface area contributed by atoms with E-state index >= 15 is 0 Å². The SMILES string of the molecule is COc1ccc(C(CSC(F)(F)F)c2ccc(N(C(=O)OC(C)(C)C)C(=O)OC(C)(C)C)cc2)c(OC)c1. The van der Waals surface area contributed by atoms with Crippen LogP contribution in [0, 0.1) is 0 Å². The molecule has 210 valence electrons. The summed E-state index contributed by atoms with van der Waals surface area (Å²) in [7, 11) is 2.90. The summed E-state index contributed by atoms with van der Waals surface area (Å²) in [5, 5.41) is 0. The Hall–Kier alpha value is -3.08. The Bertz CT molecular complexity index is 1080. The van der Waals surface area contributed by atoms with E-state index in [1.165, 1.54) is 26.4 Å². The van der Waals surface area contributed by atoms with Gasteiger partial charge in [0.25, 0.3) is 0 Å². The largest absolute Gasteiger partial charge is 0.497 e. The Morgan fingerprint density at radius 2 is 1.37 bits per heavy atom. The number of imide groups is 1. The molecule has 0 saturated carbocycles. The second-order valence-corrected chi connectivity index (χ2v) is 11.4. The van der Waals surface area contributed by atoms with E-state index in [0.717, 1.165) is 4.90 Å². The molecule has 0 fully saturated rings. The van der Waals surface area contributed by atoms with Gasteiger partial charge in [0.1, 0.15) is 22.7 Å². The van der Waals surface area contributed by atoms with Crippen LogP contribution in [0.15, 0.2) is 42.5 Å². The van der Waals surface area contributed by atoms with E-state index in [1.807, 2.05) is 0 Å². The van der Waals surface area contributed by atoms with Crippen molar-refractivity contribution in [3.8, 4) is 11.5 Å². The summed E-state index contributed by atoms with van der Waals surface area (Å²) in [5.74, 6) is -0.195. The van der Waals surface area contributed by atoms with E-state index < -0.39 is 34.8 Å². The number of methoxy groups -OCH3 is 2. The average Bonchev–Trinajstić information content (AvgIpc) is 2.77. The van der Waals surface area contributed by atoms with E-state index in [1.54, 1.807) is 71.9 Å². The van der Waals surface area contributed by atoms with E-state index in [-0.39, 0.29) is 23.2 Å². The Kier molecular flexibility index (Phi) is 9.99. The van der Waals surface area contributed by atoms with Crippen molar-refractivity contribution in [2.45, 2.75) is 64.2 Å². The lowest BCUT2D eigenvalue weighted by atomic mass is 9.92. The highest BCUT2D eigenvalue weighted by molar-refractivity contribution is 8.00. The molecular formula is C27H34F3NO6S. The molecule has 2 rings (SSSR count). The molecule has 0 saturated heterocycles. The first kappa shape index (κ1) is 31.1. The van der Waals surface area contributed by atoms with Crippen LogP contribution >= 0.6 is 11.8 Å². The van der Waals surface area contributed by atoms with Gasteiger partial charge in [0, 0.05) is 23.3 Å². The van der Waals surface area contributed by atoms with Crippen LogP contribution in [0.2, 0.25) is 0 Å². The van der Waals surface area contributed by atoms with Crippen molar-refractivity contribution in [1.29, 1.82) is 0 Å². The zero-order valence-corrected chi connectivity index (χ0v) is 23.6. The van der Waals surface area contributed by atoms with Gasteiger partial charge in [-0.2, -0.15) is 18.1 Å². The molecule has 0 aliphatic heterocycles. The summed E-state index contributed by atoms with van der Waals surface area (Å²) in [5.41, 5.74) is -5.04. The quantitative estimate of drug-likeness (QED) is 0.344. The molecule has 0 heterocycles. The first-order valence-electron chi connectivity index (χ1n) is 11.7. The fourth-order valence-corrected chi connectivity index (χ4v) is 4.13. The minimum Gasteiger partial charge on any atom is -0.497 e.